The molecule has 19 heavy (non-hydrogen) atoms. The number of tetrazole rings is 1. The van der Waals surface area contributed by atoms with Crippen molar-refractivity contribution < 1.29 is 9.50 Å². The number of allylic oxidation sites excluding steroid dienone is 1. The van der Waals surface area contributed by atoms with Crippen molar-refractivity contribution in [3.05, 3.63) is 35.5 Å². The van der Waals surface area contributed by atoms with Crippen LogP contribution in [0.15, 0.2) is 18.3 Å². The summed E-state index contributed by atoms with van der Waals surface area (Å²) in [6.45, 7) is 1.58. The predicted octanol–water partition coefficient (Wildman–Crippen LogP) is 1.33. The minimum absolute atomic E-state index is 0.0411. The van der Waals surface area contributed by atoms with Crippen LogP contribution in [0, 0.1) is 24.1 Å². The van der Waals surface area contributed by atoms with E-state index in [4.69, 9.17) is 5.26 Å². The summed E-state index contributed by atoms with van der Waals surface area (Å²) < 4.78 is 13.6. The molecule has 3 N–H and O–H groups in total. The molecule has 0 aliphatic carbocycles. The fourth-order valence-electron chi connectivity index (χ4n) is 1.34. The average Bonchev–Trinajstić information content (AvgIpc) is 2.90. The number of H-pyrrole nitrogens is 1. The molecule has 1 aromatic heterocycles. The lowest BCUT2D eigenvalue weighted by Gasteiger charge is -2.06. The number of halogens is 1. The fourth-order valence-corrected chi connectivity index (χ4v) is 1.34. The van der Waals surface area contributed by atoms with Crippen molar-refractivity contribution in [2.24, 2.45) is 0 Å². The third-order valence-electron chi connectivity index (χ3n) is 2.36. The van der Waals surface area contributed by atoms with Crippen LogP contribution in [-0.4, -0.2) is 25.7 Å². The van der Waals surface area contributed by atoms with E-state index in [-0.39, 0.29) is 22.8 Å². The van der Waals surface area contributed by atoms with Crippen LogP contribution in [0.4, 0.5) is 10.1 Å². The second-order valence-electron chi connectivity index (χ2n) is 3.67. The molecule has 0 bridgehead atoms. The van der Waals surface area contributed by atoms with E-state index in [0.29, 0.717) is 5.56 Å². The highest BCUT2D eigenvalue weighted by Gasteiger charge is 2.08. The Morgan fingerprint density at radius 3 is 3.00 bits per heavy atom. The first kappa shape index (κ1) is 12.5. The number of nitriles is 1. The molecule has 0 aliphatic rings. The molecule has 2 rings (SSSR count). The number of benzene rings is 1. The summed E-state index contributed by atoms with van der Waals surface area (Å²) >= 11 is 0. The first-order chi connectivity index (χ1) is 9.11. The number of aromatic nitrogens is 4. The van der Waals surface area contributed by atoms with Crippen LogP contribution in [0.5, 0.6) is 5.75 Å². The molecule has 0 saturated heterocycles. The van der Waals surface area contributed by atoms with E-state index in [1.54, 1.807) is 6.92 Å². The van der Waals surface area contributed by atoms with Gasteiger partial charge in [0.1, 0.15) is 23.2 Å². The molecule has 96 valence electrons. The summed E-state index contributed by atoms with van der Waals surface area (Å²) in [5.74, 6) is -0.501. The number of nitrogens with one attached hydrogen (secondary N) is 2. The number of hydrogen-bond acceptors (Lipinski definition) is 6. The molecule has 7 nitrogen and oxygen atoms in total. The van der Waals surface area contributed by atoms with E-state index in [9.17, 15) is 9.50 Å². The molecule has 0 aliphatic heterocycles. The highest BCUT2D eigenvalue weighted by Crippen LogP contribution is 2.25. The van der Waals surface area contributed by atoms with E-state index >= 15 is 0 Å². The van der Waals surface area contributed by atoms with Gasteiger partial charge in [-0.15, -0.1) is 10.2 Å². The number of aromatic hydroxyl groups is 1. The van der Waals surface area contributed by atoms with Crippen molar-refractivity contribution in [1.82, 2.24) is 20.6 Å². The molecule has 1 heterocycles. The minimum Gasteiger partial charge on any atom is -0.508 e. The van der Waals surface area contributed by atoms with Crippen LogP contribution in [0.3, 0.4) is 0 Å². The molecule has 0 saturated carbocycles. The lowest BCUT2D eigenvalue weighted by molar-refractivity contribution is 0.469. The van der Waals surface area contributed by atoms with Gasteiger partial charge in [0.25, 0.3) is 0 Å². The Kier molecular flexibility index (Phi) is 3.38. The molecule has 0 fully saturated rings. The van der Waals surface area contributed by atoms with E-state index in [0.717, 1.165) is 0 Å². The number of aromatic amines is 1. The second kappa shape index (κ2) is 5.14. The van der Waals surface area contributed by atoms with Gasteiger partial charge in [0, 0.05) is 12.3 Å². The van der Waals surface area contributed by atoms with Gasteiger partial charge < -0.3 is 10.4 Å². The number of phenolic OH excluding ortho intramolecular Hbond substituents is 1. The van der Waals surface area contributed by atoms with Crippen molar-refractivity contribution in [2.75, 3.05) is 5.32 Å². The Balaban J connectivity index is 2.27. The summed E-state index contributed by atoms with van der Waals surface area (Å²) in [4.78, 5) is 0. The number of anilines is 1. The van der Waals surface area contributed by atoms with Crippen molar-refractivity contribution in [1.29, 1.82) is 5.26 Å². The van der Waals surface area contributed by atoms with Crippen molar-refractivity contribution in [3.63, 3.8) is 0 Å². The Hall–Kier alpha value is -2.95. The van der Waals surface area contributed by atoms with Gasteiger partial charge in [0.2, 0.25) is 5.82 Å². The summed E-state index contributed by atoms with van der Waals surface area (Å²) in [6.07, 6.45) is 1.23. The van der Waals surface area contributed by atoms with Gasteiger partial charge in [0.15, 0.2) is 0 Å². The number of nitrogens with zero attached hydrogens (tertiary/aromatic N) is 4. The van der Waals surface area contributed by atoms with Gasteiger partial charge in [0.05, 0.1) is 5.69 Å². The van der Waals surface area contributed by atoms with Crippen LogP contribution in [0.1, 0.15) is 11.4 Å². The van der Waals surface area contributed by atoms with E-state index in [2.05, 4.69) is 25.9 Å². The van der Waals surface area contributed by atoms with Gasteiger partial charge in [-0.1, -0.05) is 0 Å². The highest BCUT2D eigenvalue weighted by molar-refractivity contribution is 5.74. The third-order valence-corrected chi connectivity index (χ3v) is 2.36. The molecule has 0 radical (unpaired) electrons. The SMILES string of the molecule is Cc1cc(F)c(NC=C(C#N)c2nn[nH]n2)cc1O. The maximum absolute atomic E-state index is 13.6. The molecule has 0 spiro atoms. The van der Waals surface area contributed by atoms with E-state index in [1.807, 2.05) is 6.07 Å². The molecule has 8 heteroatoms. The number of rotatable bonds is 3. The zero-order valence-electron chi connectivity index (χ0n) is 9.85. The maximum Gasteiger partial charge on any atom is 0.216 e. The fraction of sp³-hybridized carbons (Fsp3) is 0.0909. The second-order valence-corrected chi connectivity index (χ2v) is 3.67. The largest absolute Gasteiger partial charge is 0.508 e. The first-order valence-corrected chi connectivity index (χ1v) is 5.21. The number of aryl methyl sites for hydroxylation is 1. The van der Waals surface area contributed by atoms with Crippen LogP contribution in [0.25, 0.3) is 5.57 Å². The highest BCUT2D eigenvalue weighted by atomic mass is 19.1. The molecule has 2 aromatic rings. The molecular formula is C11H9FN6O. The Labute approximate surface area is 107 Å². The molecule has 1 aromatic carbocycles. The summed E-state index contributed by atoms with van der Waals surface area (Å²) in [5.41, 5.74) is 0.540. The molecule has 0 atom stereocenters. The minimum atomic E-state index is -0.544. The number of phenols is 1. The van der Waals surface area contributed by atoms with E-state index < -0.39 is 5.82 Å². The summed E-state index contributed by atoms with van der Waals surface area (Å²) in [6, 6.07) is 4.26. The topological polar surface area (TPSA) is 111 Å². The average molecular weight is 260 g/mol. The van der Waals surface area contributed by atoms with Crippen LogP contribution < -0.4 is 5.32 Å². The van der Waals surface area contributed by atoms with Crippen molar-refractivity contribution in [2.45, 2.75) is 6.92 Å². The molecular weight excluding hydrogens is 251 g/mol. The van der Waals surface area contributed by atoms with Gasteiger partial charge in [-0.25, -0.2) is 4.39 Å². The maximum atomic E-state index is 13.6. The first-order valence-electron chi connectivity index (χ1n) is 5.21. The zero-order chi connectivity index (χ0) is 13.8. The van der Waals surface area contributed by atoms with Crippen molar-refractivity contribution >= 4 is 11.3 Å². The van der Waals surface area contributed by atoms with Crippen LogP contribution in [0.2, 0.25) is 0 Å². The standard InChI is InChI=1S/C11H9FN6O/c1-6-2-8(12)9(3-10(6)19)14-5-7(4-13)11-15-17-18-16-11/h2-3,5,14,19H,1H3,(H,15,16,17,18). The van der Waals surface area contributed by atoms with Crippen LogP contribution >= 0.6 is 0 Å². The quantitative estimate of drug-likeness (QED) is 0.718. The van der Waals surface area contributed by atoms with Gasteiger partial charge in [-0.3, -0.25) is 0 Å². The van der Waals surface area contributed by atoms with Gasteiger partial charge in [-0.2, -0.15) is 10.5 Å². The third kappa shape index (κ3) is 2.66. The summed E-state index contributed by atoms with van der Waals surface area (Å²) in [5, 5.41) is 33.8. The monoisotopic (exact) mass is 260 g/mol. The van der Waals surface area contributed by atoms with Crippen molar-refractivity contribution in [3.8, 4) is 11.8 Å². The van der Waals surface area contributed by atoms with Gasteiger partial charge in [-0.05, 0) is 23.8 Å². The number of hydrogen-bond donors (Lipinski definition) is 3. The zero-order valence-corrected chi connectivity index (χ0v) is 9.85. The lowest BCUT2D eigenvalue weighted by Crippen LogP contribution is -1.96. The van der Waals surface area contributed by atoms with Gasteiger partial charge >= 0.3 is 0 Å². The lowest BCUT2D eigenvalue weighted by atomic mass is 10.2. The predicted molar refractivity (Wildman–Crippen MR) is 64.2 cm³/mol. The Bertz CT molecular complexity index is 659. The van der Waals surface area contributed by atoms with E-state index in [1.165, 1.54) is 18.3 Å². The summed E-state index contributed by atoms with van der Waals surface area (Å²) in [7, 11) is 0. The smallest absolute Gasteiger partial charge is 0.216 e. The van der Waals surface area contributed by atoms with Crippen LogP contribution in [-0.2, 0) is 0 Å². The normalized spacial score (nSPS) is 11.1. The molecule has 0 amide bonds. The molecule has 0 unspecified atom stereocenters. The Morgan fingerprint density at radius 2 is 2.37 bits per heavy atom. The Morgan fingerprint density at radius 1 is 1.58 bits per heavy atom.